The van der Waals surface area contributed by atoms with Crippen molar-refractivity contribution in [3.8, 4) is 5.75 Å². The first-order valence-electron chi connectivity index (χ1n) is 9.27. The van der Waals surface area contributed by atoms with Gasteiger partial charge < -0.3 is 9.47 Å². The maximum atomic E-state index is 5.78. The molecule has 1 saturated heterocycles. The van der Waals surface area contributed by atoms with E-state index in [0.717, 1.165) is 12.4 Å². The van der Waals surface area contributed by atoms with Crippen molar-refractivity contribution < 1.29 is 9.47 Å². The molecule has 0 N–H and O–H groups in total. The van der Waals surface area contributed by atoms with Gasteiger partial charge in [-0.15, -0.1) is 11.8 Å². The molecule has 1 heterocycles. The molecule has 2 nitrogen and oxygen atoms in total. The molecule has 0 amide bonds. The number of rotatable bonds is 11. The molecule has 1 aliphatic rings. The van der Waals surface area contributed by atoms with Crippen molar-refractivity contribution in [2.24, 2.45) is 0 Å². The van der Waals surface area contributed by atoms with Gasteiger partial charge in [0.2, 0.25) is 0 Å². The third kappa shape index (κ3) is 8.12. The summed E-state index contributed by atoms with van der Waals surface area (Å²) in [6.45, 7) is 0.997. The molecule has 23 heavy (non-hydrogen) atoms. The number of ether oxygens (including phenoxy) is 2. The molecular weight excluding hydrogens is 304 g/mol. The van der Waals surface area contributed by atoms with E-state index < -0.39 is 0 Å². The number of thioether (sulfide) groups is 1. The molecule has 130 valence electrons. The first-order valence-corrected chi connectivity index (χ1v) is 10.3. The van der Waals surface area contributed by atoms with Crippen molar-refractivity contribution in [1.29, 1.82) is 0 Å². The van der Waals surface area contributed by atoms with Crippen LogP contribution in [0.5, 0.6) is 5.75 Å². The van der Waals surface area contributed by atoms with Crippen LogP contribution in [-0.2, 0) is 4.74 Å². The maximum absolute atomic E-state index is 5.78. The third-order valence-electron chi connectivity index (χ3n) is 4.52. The van der Waals surface area contributed by atoms with Gasteiger partial charge in [0.05, 0.1) is 13.2 Å². The second-order valence-corrected chi connectivity index (χ2v) is 7.59. The van der Waals surface area contributed by atoms with E-state index >= 15 is 0 Å². The lowest BCUT2D eigenvalue weighted by atomic mass is 10.0. The van der Waals surface area contributed by atoms with Crippen molar-refractivity contribution >= 4 is 11.8 Å². The molecule has 1 aromatic carbocycles. The highest BCUT2D eigenvalue weighted by Crippen LogP contribution is 2.23. The fourth-order valence-electron chi connectivity index (χ4n) is 3.08. The maximum Gasteiger partial charge on any atom is 0.118 e. The molecule has 3 heteroatoms. The summed E-state index contributed by atoms with van der Waals surface area (Å²) in [6, 6.07) is 8.38. The van der Waals surface area contributed by atoms with Gasteiger partial charge in [-0.3, -0.25) is 0 Å². The third-order valence-corrected chi connectivity index (χ3v) is 5.62. The fourth-order valence-corrected chi connectivity index (χ4v) is 3.99. The first-order chi connectivity index (χ1) is 11.4. The molecule has 1 aliphatic heterocycles. The molecular formula is C20H32O2S. The molecule has 2 rings (SSSR count). The topological polar surface area (TPSA) is 18.5 Å². The lowest BCUT2D eigenvalue weighted by molar-refractivity contribution is 0.00977. The lowest BCUT2D eigenvalue weighted by Crippen LogP contribution is -2.18. The predicted molar refractivity (Wildman–Crippen MR) is 99.6 cm³/mol. The summed E-state index contributed by atoms with van der Waals surface area (Å²) in [5.74, 6) is 2.16. The Bertz CT molecular complexity index is 399. The van der Waals surface area contributed by atoms with E-state index in [0.29, 0.717) is 6.10 Å². The van der Waals surface area contributed by atoms with Crippen LogP contribution in [-0.4, -0.2) is 25.6 Å². The van der Waals surface area contributed by atoms with E-state index in [-0.39, 0.29) is 0 Å². The molecule has 0 bridgehead atoms. The zero-order chi connectivity index (χ0) is 16.2. The Balaban J connectivity index is 1.39. The van der Waals surface area contributed by atoms with Gasteiger partial charge in [-0.1, -0.05) is 32.1 Å². The zero-order valence-electron chi connectivity index (χ0n) is 14.6. The molecule has 0 radical (unpaired) electrons. The van der Waals surface area contributed by atoms with Gasteiger partial charge in [-0.05, 0) is 62.1 Å². The minimum absolute atomic E-state index is 0.574. The second-order valence-electron chi connectivity index (χ2n) is 6.42. The Labute approximate surface area is 146 Å². The van der Waals surface area contributed by atoms with Crippen molar-refractivity contribution in [1.82, 2.24) is 0 Å². The molecule has 1 fully saturated rings. The zero-order valence-corrected chi connectivity index (χ0v) is 15.4. The Morgan fingerprint density at radius 3 is 2.43 bits per heavy atom. The van der Waals surface area contributed by atoms with Crippen molar-refractivity contribution in [2.45, 2.75) is 75.2 Å². The van der Waals surface area contributed by atoms with Gasteiger partial charge in [0.1, 0.15) is 5.75 Å². The van der Waals surface area contributed by atoms with Crippen LogP contribution in [0.2, 0.25) is 0 Å². The van der Waals surface area contributed by atoms with Gasteiger partial charge in [0.25, 0.3) is 0 Å². The molecule has 0 saturated carbocycles. The summed E-state index contributed by atoms with van der Waals surface area (Å²) in [5.41, 5.74) is 0. The first kappa shape index (κ1) is 18.7. The molecule has 0 spiro atoms. The molecule has 0 aliphatic carbocycles. The smallest absolute Gasteiger partial charge is 0.118 e. The monoisotopic (exact) mass is 336 g/mol. The minimum Gasteiger partial charge on any atom is -0.497 e. The van der Waals surface area contributed by atoms with Crippen LogP contribution in [0.25, 0.3) is 0 Å². The van der Waals surface area contributed by atoms with Crippen LogP contribution in [0.3, 0.4) is 0 Å². The van der Waals surface area contributed by atoms with E-state index in [1.807, 2.05) is 23.9 Å². The quantitative estimate of drug-likeness (QED) is 0.360. The summed E-state index contributed by atoms with van der Waals surface area (Å²) in [5, 5.41) is 0. The largest absolute Gasteiger partial charge is 0.497 e. The van der Waals surface area contributed by atoms with E-state index in [9.17, 15) is 0 Å². The highest BCUT2D eigenvalue weighted by atomic mass is 32.2. The minimum atomic E-state index is 0.574. The second kappa shape index (κ2) is 11.8. The number of benzene rings is 1. The summed E-state index contributed by atoms with van der Waals surface area (Å²) >= 11 is 1.95. The summed E-state index contributed by atoms with van der Waals surface area (Å²) < 4.78 is 11.0. The van der Waals surface area contributed by atoms with Crippen molar-refractivity contribution in [2.75, 3.05) is 19.5 Å². The van der Waals surface area contributed by atoms with E-state index in [1.165, 1.54) is 74.9 Å². The molecule has 1 aromatic rings. The van der Waals surface area contributed by atoms with Crippen molar-refractivity contribution in [3.05, 3.63) is 24.3 Å². The standard InChI is InChI=1S/C20H32O2S/c1-21-18-12-14-20(15-13-18)23-17-9-5-3-2-4-6-10-19-11-7-8-16-22-19/h12-15,19H,2-11,16-17H2,1H3. The van der Waals surface area contributed by atoms with Gasteiger partial charge in [0.15, 0.2) is 0 Å². The van der Waals surface area contributed by atoms with Gasteiger partial charge in [0, 0.05) is 11.5 Å². The molecule has 1 unspecified atom stereocenters. The Kier molecular flexibility index (Phi) is 9.58. The van der Waals surface area contributed by atoms with Gasteiger partial charge in [-0.2, -0.15) is 0 Å². The van der Waals surface area contributed by atoms with Crippen LogP contribution in [0.4, 0.5) is 0 Å². The van der Waals surface area contributed by atoms with Gasteiger partial charge in [-0.25, -0.2) is 0 Å². The number of methoxy groups -OCH3 is 1. The Hall–Kier alpha value is -0.670. The molecule has 0 aromatic heterocycles. The van der Waals surface area contributed by atoms with Crippen LogP contribution >= 0.6 is 11.8 Å². The van der Waals surface area contributed by atoms with Crippen LogP contribution in [0, 0.1) is 0 Å². The average Bonchev–Trinajstić information content (AvgIpc) is 2.61. The summed E-state index contributed by atoms with van der Waals surface area (Å²) in [4.78, 5) is 1.35. The number of hydrogen-bond donors (Lipinski definition) is 0. The highest BCUT2D eigenvalue weighted by Gasteiger charge is 2.12. The highest BCUT2D eigenvalue weighted by molar-refractivity contribution is 7.99. The number of unbranched alkanes of at least 4 members (excludes halogenated alkanes) is 5. The van der Waals surface area contributed by atoms with Crippen LogP contribution < -0.4 is 4.74 Å². The normalized spacial score (nSPS) is 18.0. The average molecular weight is 337 g/mol. The SMILES string of the molecule is COc1ccc(SCCCCCCCCC2CCCCO2)cc1. The lowest BCUT2D eigenvalue weighted by Gasteiger charge is -2.22. The summed E-state index contributed by atoms with van der Waals surface area (Å²) in [7, 11) is 1.71. The Morgan fingerprint density at radius 1 is 1.00 bits per heavy atom. The fraction of sp³-hybridized carbons (Fsp3) is 0.700. The van der Waals surface area contributed by atoms with Crippen LogP contribution in [0.15, 0.2) is 29.2 Å². The molecule has 1 atom stereocenters. The summed E-state index contributed by atoms with van der Waals surface area (Å²) in [6.07, 6.45) is 14.0. The predicted octanol–water partition coefficient (Wildman–Crippen LogP) is 6.09. The van der Waals surface area contributed by atoms with Crippen molar-refractivity contribution in [3.63, 3.8) is 0 Å². The van der Waals surface area contributed by atoms with E-state index in [2.05, 4.69) is 12.1 Å². The van der Waals surface area contributed by atoms with Gasteiger partial charge >= 0.3 is 0 Å². The Morgan fingerprint density at radius 2 is 1.74 bits per heavy atom. The van der Waals surface area contributed by atoms with E-state index in [1.54, 1.807) is 7.11 Å². The number of hydrogen-bond acceptors (Lipinski definition) is 3. The van der Waals surface area contributed by atoms with E-state index in [4.69, 9.17) is 9.47 Å². The van der Waals surface area contributed by atoms with Crippen LogP contribution in [0.1, 0.15) is 64.2 Å².